The molecule has 1 heterocycles. The Hall–Kier alpha value is -2.83. The standard InChI is InChI=1S/C15H19N5O2/c1-10-6-5-7-11(8-10)17-14(21)18-12-9-16-15(22-4)19-13(12)20(2)3/h5-9H,1-4H3,(H2,17,18,21). The lowest BCUT2D eigenvalue weighted by molar-refractivity contribution is 0.262. The van der Waals surface area contributed by atoms with Crippen molar-refractivity contribution in [3.63, 3.8) is 0 Å². The summed E-state index contributed by atoms with van der Waals surface area (Å²) in [5, 5.41) is 5.51. The number of urea groups is 1. The number of rotatable bonds is 4. The van der Waals surface area contributed by atoms with E-state index >= 15 is 0 Å². The van der Waals surface area contributed by atoms with Crippen molar-refractivity contribution in [3.05, 3.63) is 36.0 Å². The number of anilines is 3. The maximum absolute atomic E-state index is 12.1. The zero-order valence-corrected chi connectivity index (χ0v) is 13.0. The van der Waals surface area contributed by atoms with Gasteiger partial charge in [0, 0.05) is 19.8 Å². The second-order valence-electron chi connectivity index (χ2n) is 4.94. The summed E-state index contributed by atoms with van der Waals surface area (Å²) in [6.07, 6.45) is 1.51. The predicted octanol–water partition coefficient (Wildman–Crippen LogP) is 2.50. The molecule has 0 radical (unpaired) electrons. The molecule has 0 unspecified atom stereocenters. The van der Waals surface area contributed by atoms with Crippen LogP contribution in [-0.4, -0.2) is 37.2 Å². The molecule has 22 heavy (non-hydrogen) atoms. The summed E-state index contributed by atoms with van der Waals surface area (Å²) >= 11 is 0. The van der Waals surface area contributed by atoms with Gasteiger partial charge in [-0.2, -0.15) is 4.98 Å². The number of hydrogen-bond donors (Lipinski definition) is 2. The Labute approximate surface area is 129 Å². The largest absolute Gasteiger partial charge is 0.467 e. The van der Waals surface area contributed by atoms with E-state index in [-0.39, 0.29) is 12.0 Å². The summed E-state index contributed by atoms with van der Waals surface area (Å²) < 4.78 is 5.00. The van der Waals surface area contributed by atoms with E-state index in [9.17, 15) is 4.79 Å². The van der Waals surface area contributed by atoms with Crippen molar-refractivity contribution < 1.29 is 9.53 Å². The third-order valence-corrected chi connectivity index (χ3v) is 2.88. The van der Waals surface area contributed by atoms with E-state index < -0.39 is 0 Å². The van der Waals surface area contributed by atoms with E-state index in [1.807, 2.05) is 45.3 Å². The number of nitrogens with one attached hydrogen (secondary N) is 2. The molecule has 1 aromatic heterocycles. The molecule has 0 saturated carbocycles. The highest BCUT2D eigenvalue weighted by molar-refractivity contribution is 6.01. The molecule has 0 spiro atoms. The Bertz CT molecular complexity index is 673. The first-order chi connectivity index (χ1) is 10.5. The van der Waals surface area contributed by atoms with Crippen molar-refractivity contribution in [2.24, 2.45) is 0 Å². The summed E-state index contributed by atoms with van der Waals surface area (Å²) in [4.78, 5) is 22.1. The van der Waals surface area contributed by atoms with Crippen LogP contribution < -0.4 is 20.3 Å². The number of benzene rings is 1. The number of amides is 2. The molecule has 2 aromatic rings. The lowest BCUT2D eigenvalue weighted by Crippen LogP contribution is -2.22. The van der Waals surface area contributed by atoms with E-state index in [4.69, 9.17) is 4.74 Å². The fraction of sp³-hybridized carbons (Fsp3) is 0.267. The molecular formula is C15H19N5O2. The average Bonchev–Trinajstić information content (AvgIpc) is 2.47. The molecule has 1 aromatic carbocycles. The van der Waals surface area contributed by atoms with Crippen LogP contribution in [-0.2, 0) is 0 Å². The van der Waals surface area contributed by atoms with Crippen molar-refractivity contribution >= 4 is 23.2 Å². The molecule has 0 aliphatic carbocycles. The van der Waals surface area contributed by atoms with Crippen LogP contribution in [0.3, 0.4) is 0 Å². The average molecular weight is 301 g/mol. The smallest absolute Gasteiger partial charge is 0.323 e. The van der Waals surface area contributed by atoms with Gasteiger partial charge in [-0.05, 0) is 24.6 Å². The molecule has 0 saturated heterocycles. The number of carbonyl (C=O) groups is 1. The highest BCUT2D eigenvalue weighted by Gasteiger charge is 2.12. The van der Waals surface area contributed by atoms with Gasteiger partial charge in [0.05, 0.1) is 13.3 Å². The van der Waals surface area contributed by atoms with Gasteiger partial charge in [0.2, 0.25) is 0 Å². The minimum absolute atomic E-state index is 0.244. The van der Waals surface area contributed by atoms with Gasteiger partial charge in [0.25, 0.3) is 0 Å². The Morgan fingerprint density at radius 1 is 1.27 bits per heavy atom. The number of ether oxygens (including phenoxy) is 1. The highest BCUT2D eigenvalue weighted by atomic mass is 16.5. The van der Waals surface area contributed by atoms with Crippen LogP contribution in [0.1, 0.15) is 5.56 Å². The van der Waals surface area contributed by atoms with Gasteiger partial charge in [-0.15, -0.1) is 0 Å². The topological polar surface area (TPSA) is 79.4 Å². The molecule has 0 aliphatic heterocycles. The summed E-state index contributed by atoms with van der Waals surface area (Å²) in [6.45, 7) is 1.96. The Morgan fingerprint density at radius 2 is 2.05 bits per heavy atom. The van der Waals surface area contributed by atoms with Crippen molar-refractivity contribution in [2.45, 2.75) is 6.92 Å². The number of carbonyl (C=O) groups excluding carboxylic acids is 1. The van der Waals surface area contributed by atoms with E-state index in [2.05, 4.69) is 20.6 Å². The molecule has 2 amide bonds. The normalized spacial score (nSPS) is 10.0. The molecule has 2 N–H and O–H groups in total. The SMILES string of the molecule is COc1ncc(NC(=O)Nc2cccc(C)c2)c(N(C)C)n1. The lowest BCUT2D eigenvalue weighted by Gasteiger charge is -2.17. The predicted molar refractivity (Wildman–Crippen MR) is 86.7 cm³/mol. The molecule has 0 bridgehead atoms. The Balaban J connectivity index is 2.14. The number of methoxy groups -OCH3 is 1. The quantitative estimate of drug-likeness (QED) is 0.907. The Kier molecular flexibility index (Phi) is 4.77. The van der Waals surface area contributed by atoms with Gasteiger partial charge in [-0.3, -0.25) is 0 Å². The van der Waals surface area contributed by atoms with E-state index in [1.165, 1.54) is 13.3 Å². The second kappa shape index (κ2) is 6.75. The summed E-state index contributed by atoms with van der Waals surface area (Å²) in [6, 6.07) is 7.44. The van der Waals surface area contributed by atoms with Gasteiger partial charge in [0.1, 0.15) is 5.69 Å². The number of aromatic nitrogens is 2. The van der Waals surface area contributed by atoms with Crippen LogP contribution in [0.4, 0.5) is 22.0 Å². The third kappa shape index (κ3) is 3.85. The number of nitrogens with zero attached hydrogens (tertiary/aromatic N) is 3. The highest BCUT2D eigenvalue weighted by Crippen LogP contribution is 2.23. The van der Waals surface area contributed by atoms with Crippen LogP contribution in [0.2, 0.25) is 0 Å². The van der Waals surface area contributed by atoms with E-state index in [1.54, 1.807) is 4.90 Å². The van der Waals surface area contributed by atoms with E-state index in [0.717, 1.165) is 11.3 Å². The van der Waals surface area contributed by atoms with Gasteiger partial charge < -0.3 is 20.3 Å². The fourth-order valence-corrected chi connectivity index (χ4v) is 1.89. The van der Waals surface area contributed by atoms with Crippen molar-refractivity contribution in [3.8, 4) is 6.01 Å². The number of hydrogen-bond acceptors (Lipinski definition) is 5. The maximum atomic E-state index is 12.1. The summed E-state index contributed by atoms with van der Waals surface area (Å²) in [5.41, 5.74) is 2.29. The van der Waals surface area contributed by atoms with Gasteiger partial charge in [-0.25, -0.2) is 9.78 Å². The minimum Gasteiger partial charge on any atom is -0.467 e. The summed E-state index contributed by atoms with van der Waals surface area (Å²) in [7, 11) is 5.14. The maximum Gasteiger partial charge on any atom is 0.323 e. The molecule has 0 fully saturated rings. The first-order valence-corrected chi connectivity index (χ1v) is 6.72. The molecule has 7 nitrogen and oxygen atoms in total. The first kappa shape index (κ1) is 15.6. The molecule has 0 atom stereocenters. The van der Waals surface area contributed by atoms with Crippen LogP contribution in [0.5, 0.6) is 6.01 Å². The van der Waals surface area contributed by atoms with Crippen molar-refractivity contribution in [1.82, 2.24) is 9.97 Å². The monoisotopic (exact) mass is 301 g/mol. The van der Waals surface area contributed by atoms with E-state index in [0.29, 0.717) is 11.5 Å². The number of aryl methyl sites for hydroxylation is 1. The third-order valence-electron chi connectivity index (χ3n) is 2.88. The lowest BCUT2D eigenvalue weighted by atomic mass is 10.2. The Morgan fingerprint density at radius 3 is 2.68 bits per heavy atom. The fourth-order valence-electron chi connectivity index (χ4n) is 1.89. The van der Waals surface area contributed by atoms with Crippen LogP contribution in [0.25, 0.3) is 0 Å². The van der Waals surface area contributed by atoms with Crippen LogP contribution >= 0.6 is 0 Å². The van der Waals surface area contributed by atoms with Gasteiger partial charge >= 0.3 is 12.0 Å². The molecule has 116 valence electrons. The molecular weight excluding hydrogens is 282 g/mol. The minimum atomic E-state index is -0.359. The second-order valence-corrected chi connectivity index (χ2v) is 4.94. The molecule has 7 heteroatoms. The zero-order valence-electron chi connectivity index (χ0n) is 13.0. The molecule has 0 aliphatic rings. The first-order valence-electron chi connectivity index (χ1n) is 6.72. The van der Waals surface area contributed by atoms with Gasteiger partial charge in [0.15, 0.2) is 5.82 Å². The molecule has 2 rings (SSSR count). The van der Waals surface area contributed by atoms with Crippen LogP contribution in [0, 0.1) is 6.92 Å². The zero-order chi connectivity index (χ0) is 16.1. The van der Waals surface area contributed by atoms with Crippen LogP contribution in [0.15, 0.2) is 30.5 Å². The summed E-state index contributed by atoms with van der Waals surface area (Å²) in [5.74, 6) is 0.561. The van der Waals surface area contributed by atoms with Crippen molar-refractivity contribution in [2.75, 3.05) is 36.7 Å². The van der Waals surface area contributed by atoms with Crippen molar-refractivity contribution in [1.29, 1.82) is 0 Å². The van der Waals surface area contributed by atoms with Gasteiger partial charge in [-0.1, -0.05) is 12.1 Å².